The summed E-state index contributed by atoms with van der Waals surface area (Å²) in [5.41, 5.74) is 3.09. The maximum Gasteiger partial charge on any atom is 0.277 e. The monoisotopic (exact) mass is 274 g/mol. The summed E-state index contributed by atoms with van der Waals surface area (Å²) < 4.78 is 5.21. The average Bonchev–Trinajstić information content (AvgIpc) is 2.25. The van der Waals surface area contributed by atoms with Gasteiger partial charge in [0.1, 0.15) is 5.75 Å². The molecule has 0 aromatic heterocycles. The van der Waals surface area contributed by atoms with Crippen LogP contribution in [-0.2, 0) is 4.79 Å². The summed E-state index contributed by atoms with van der Waals surface area (Å²) in [6.45, 7) is 3.40. The van der Waals surface area contributed by atoms with E-state index < -0.39 is 0 Å². The molecule has 0 aliphatic rings. The molecule has 92 valence electrons. The van der Waals surface area contributed by atoms with Crippen molar-refractivity contribution in [3.05, 3.63) is 28.2 Å². The molecule has 1 rings (SSSR count). The van der Waals surface area contributed by atoms with E-state index in [1.54, 1.807) is 32.0 Å². The lowest BCUT2D eigenvalue weighted by molar-refractivity contribution is -0.123. The Morgan fingerprint density at radius 2 is 2.12 bits per heavy atom. The van der Waals surface area contributed by atoms with Gasteiger partial charge in [-0.2, -0.15) is 5.10 Å². The molecule has 1 amide bonds. The molecule has 17 heavy (non-hydrogen) atoms. The highest BCUT2D eigenvalue weighted by atomic mass is 35.5. The van der Waals surface area contributed by atoms with Gasteiger partial charge in [0.15, 0.2) is 6.61 Å². The number of halogens is 2. The molecule has 1 N–H and O–H groups in total. The van der Waals surface area contributed by atoms with Crippen LogP contribution in [0.4, 0.5) is 0 Å². The van der Waals surface area contributed by atoms with Gasteiger partial charge < -0.3 is 4.74 Å². The van der Waals surface area contributed by atoms with E-state index in [-0.39, 0.29) is 12.5 Å². The molecule has 0 unspecified atom stereocenters. The van der Waals surface area contributed by atoms with Crippen LogP contribution in [0.3, 0.4) is 0 Å². The molecule has 0 aliphatic heterocycles. The highest BCUT2D eigenvalue weighted by Crippen LogP contribution is 2.27. The summed E-state index contributed by atoms with van der Waals surface area (Å²) in [7, 11) is 0. The minimum atomic E-state index is -0.350. The second-order valence-corrected chi connectivity index (χ2v) is 4.30. The first-order valence-corrected chi connectivity index (χ1v) is 5.62. The molecule has 0 bridgehead atoms. The fourth-order valence-corrected chi connectivity index (χ4v) is 1.41. The van der Waals surface area contributed by atoms with Crippen molar-refractivity contribution in [2.24, 2.45) is 5.10 Å². The van der Waals surface area contributed by atoms with Crippen molar-refractivity contribution in [1.82, 2.24) is 5.43 Å². The minimum Gasteiger partial charge on any atom is -0.482 e. The predicted molar refractivity (Wildman–Crippen MR) is 68.9 cm³/mol. The van der Waals surface area contributed by atoms with Gasteiger partial charge in [0, 0.05) is 10.7 Å². The van der Waals surface area contributed by atoms with Crippen molar-refractivity contribution < 1.29 is 9.53 Å². The van der Waals surface area contributed by atoms with E-state index >= 15 is 0 Å². The number of nitrogens with one attached hydrogen (secondary N) is 1. The van der Waals surface area contributed by atoms with E-state index in [0.29, 0.717) is 15.8 Å². The van der Waals surface area contributed by atoms with Crippen LogP contribution in [0.15, 0.2) is 23.3 Å². The summed E-state index contributed by atoms with van der Waals surface area (Å²) >= 11 is 11.6. The number of benzene rings is 1. The molecule has 0 saturated heterocycles. The smallest absolute Gasteiger partial charge is 0.277 e. The van der Waals surface area contributed by atoms with Gasteiger partial charge in [-0.3, -0.25) is 4.79 Å². The van der Waals surface area contributed by atoms with Crippen LogP contribution in [-0.4, -0.2) is 18.2 Å². The SMILES string of the molecule is CC(C)=NNC(=O)COc1ccc(Cl)cc1Cl. The normalized spacial score (nSPS) is 9.65. The van der Waals surface area contributed by atoms with Crippen LogP contribution in [0.5, 0.6) is 5.75 Å². The third kappa shape index (κ3) is 5.06. The van der Waals surface area contributed by atoms with Crippen LogP contribution >= 0.6 is 23.2 Å². The van der Waals surface area contributed by atoms with Gasteiger partial charge in [-0.1, -0.05) is 23.2 Å². The highest BCUT2D eigenvalue weighted by Gasteiger charge is 2.05. The molecule has 0 saturated carbocycles. The molecule has 0 heterocycles. The second kappa shape index (κ2) is 6.47. The molecule has 0 aliphatic carbocycles. The molecule has 1 aromatic carbocycles. The Hall–Kier alpha value is -1.26. The van der Waals surface area contributed by atoms with Crippen molar-refractivity contribution >= 4 is 34.8 Å². The van der Waals surface area contributed by atoms with Crippen molar-refractivity contribution in [3.63, 3.8) is 0 Å². The fraction of sp³-hybridized carbons (Fsp3) is 0.273. The van der Waals surface area contributed by atoms with E-state index in [0.717, 1.165) is 5.71 Å². The lowest BCUT2D eigenvalue weighted by atomic mass is 10.3. The zero-order chi connectivity index (χ0) is 12.8. The van der Waals surface area contributed by atoms with E-state index in [1.807, 2.05) is 0 Å². The van der Waals surface area contributed by atoms with Gasteiger partial charge >= 0.3 is 0 Å². The van der Waals surface area contributed by atoms with Gasteiger partial charge in [0.2, 0.25) is 0 Å². The molecule has 0 fully saturated rings. The number of rotatable bonds is 4. The number of hydrazone groups is 1. The van der Waals surface area contributed by atoms with E-state index in [4.69, 9.17) is 27.9 Å². The Balaban J connectivity index is 2.50. The van der Waals surface area contributed by atoms with Gasteiger partial charge in [-0.25, -0.2) is 5.43 Å². The van der Waals surface area contributed by atoms with Crippen molar-refractivity contribution in [2.75, 3.05) is 6.61 Å². The van der Waals surface area contributed by atoms with E-state index in [9.17, 15) is 4.79 Å². The van der Waals surface area contributed by atoms with Crippen molar-refractivity contribution in [1.29, 1.82) is 0 Å². The predicted octanol–water partition coefficient (Wildman–Crippen LogP) is 2.88. The Kier molecular flexibility index (Phi) is 5.25. The largest absolute Gasteiger partial charge is 0.482 e. The number of amides is 1. The van der Waals surface area contributed by atoms with Gasteiger partial charge in [-0.15, -0.1) is 0 Å². The molecule has 1 aromatic rings. The quantitative estimate of drug-likeness (QED) is 0.678. The lowest BCUT2D eigenvalue weighted by Gasteiger charge is -2.07. The van der Waals surface area contributed by atoms with Crippen molar-refractivity contribution in [2.45, 2.75) is 13.8 Å². The third-order valence-electron chi connectivity index (χ3n) is 1.66. The number of carbonyl (C=O) groups excluding carboxylic acids is 1. The highest BCUT2D eigenvalue weighted by molar-refractivity contribution is 6.35. The van der Waals surface area contributed by atoms with Crippen LogP contribution in [0.25, 0.3) is 0 Å². The Morgan fingerprint density at radius 3 is 2.71 bits per heavy atom. The molecular formula is C11H12Cl2N2O2. The molecule has 0 spiro atoms. The number of nitrogens with zero attached hydrogens (tertiary/aromatic N) is 1. The average molecular weight is 275 g/mol. The molecule has 0 atom stereocenters. The fourth-order valence-electron chi connectivity index (χ4n) is 0.942. The standard InChI is InChI=1S/C11H12Cl2N2O2/c1-7(2)14-15-11(16)6-17-10-4-3-8(12)5-9(10)13/h3-5H,6H2,1-2H3,(H,15,16). The van der Waals surface area contributed by atoms with Gasteiger partial charge in [0.25, 0.3) is 5.91 Å². The summed E-state index contributed by atoms with van der Waals surface area (Å²) in [5, 5.41) is 4.63. The molecule has 4 nitrogen and oxygen atoms in total. The van der Waals surface area contributed by atoms with Crippen LogP contribution in [0.2, 0.25) is 10.0 Å². The summed E-state index contributed by atoms with van der Waals surface area (Å²) in [4.78, 5) is 11.3. The minimum absolute atomic E-state index is 0.155. The molecular weight excluding hydrogens is 263 g/mol. The zero-order valence-electron chi connectivity index (χ0n) is 9.46. The van der Waals surface area contributed by atoms with Crippen LogP contribution in [0, 0.1) is 0 Å². The van der Waals surface area contributed by atoms with E-state index in [2.05, 4.69) is 10.5 Å². The summed E-state index contributed by atoms with van der Waals surface area (Å²) in [6, 6.07) is 4.78. The summed E-state index contributed by atoms with van der Waals surface area (Å²) in [5.74, 6) is 0.0561. The lowest BCUT2D eigenvalue weighted by Crippen LogP contribution is -2.25. The molecule has 0 radical (unpaired) electrons. The first kappa shape index (κ1) is 13.8. The van der Waals surface area contributed by atoms with E-state index in [1.165, 1.54) is 0 Å². The second-order valence-electron chi connectivity index (χ2n) is 3.46. The summed E-state index contributed by atoms with van der Waals surface area (Å²) in [6.07, 6.45) is 0. The topological polar surface area (TPSA) is 50.7 Å². The first-order valence-electron chi connectivity index (χ1n) is 4.86. The Morgan fingerprint density at radius 1 is 1.41 bits per heavy atom. The van der Waals surface area contributed by atoms with Crippen molar-refractivity contribution in [3.8, 4) is 5.75 Å². The molecule has 6 heteroatoms. The number of ether oxygens (including phenoxy) is 1. The van der Waals surface area contributed by atoms with Crippen LogP contribution in [0.1, 0.15) is 13.8 Å². The maximum absolute atomic E-state index is 11.3. The maximum atomic E-state index is 11.3. The zero-order valence-corrected chi connectivity index (χ0v) is 11.0. The third-order valence-corrected chi connectivity index (χ3v) is 2.19. The Labute approximate surface area is 110 Å². The first-order chi connectivity index (χ1) is 7.99. The number of hydrogen-bond donors (Lipinski definition) is 1. The van der Waals surface area contributed by atoms with Crippen LogP contribution < -0.4 is 10.2 Å². The Bertz CT molecular complexity index is 443. The van der Waals surface area contributed by atoms with Gasteiger partial charge in [-0.05, 0) is 32.0 Å². The number of hydrogen-bond acceptors (Lipinski definition) is 3. The number of carbonyl (C=O) groups is 1. The van der Waals surface area contributed by atoms with Gasteiger partial charge in [0.05, 0.1) is 5.02 Å².